The van der Waals surface area contributed by atoms with Gasteiger partial charge in [0.2, 0.25) is 5.91 Å². The second-order valence-electron chi connectivity index (χ2n) is 5.66. The summed E-state index contributed by atoms with van der Waals surface area (Å²) in [5.41, 5.74) is 4.86. The topological polar surface area (TPSA) is 114 Å². The summed E-state index contributed by atoms with van der Waals surface area (Å²) in [7, 11) is 0. The number of nitro groups is 1. The van der Waals surface area contributed by atoms with Gasteiger partial charge in [-0.3, -0.25) is 19.7 Å². The van der Waals surface area contributed by atoms with Crippen LogP contribution in [0.25, 0.3) is 0 Å². The minimum Gasteiger partial charge on any atom is -0.326 e. The van der Waals surface area contributed by atoms with Gasteiger partial charge in [-0.15, -0.1) is 0 Å². The minimum absolute atomic E-state index is 0.119. The second kappa shape index (κ2) is 8.02. The molecular formula is C18H18N4O4. The van der Waals surface area contributed by atoms with Gasteiger partial charge in [0.05, 0.1) is 10.6 Å². The molecule has 0 saturated carbocycles. The average molecular weight is 354 g/mol. The number of hydrazone groups is 1. The summed E-state index contributed by atoms with van der Waals surface area (Å²) in [4.78, 5) is 33.6. The van der Waals surface area contributed by atoms with Crippen LogP contribution in [0.1, 0.15) is 35.3 Å². The lowest BCUT2D eigenvalue weighted by molar-refractivity contribution is -0.385. The Morgan fingerprint density at radius 1 is 1.04 bits per heavy atom. The van der Waals surface area contributed by atoms with E-state index in [9.17, 15) is 19.7 Å². The minimum atomic E-state index is -0.540. The van der Waals surface area contributed by atoms with Crippen molar-refractivity contribution in [2.75, 3.05) is 5.32 Å². The number of anilines is 1. The first-order chi connectivity index (χ1) is 12.3. The summed E-state index contributed by atoms with van der Waals surface area (Å²) in [6.07, 6.45) is 0. The second-order valence-corrected chi connectivity index (χ2v) is 5.66. The van der Waals surface area contributed by atoms with E-state index in [0.717, 1.165) is 5.56 Å². The average Bonchev–Trinajstić information content (AvgIpc) is 2.59. The maximum Gasteiger partial charge on any atom is 0.273 e. The van der Waals surface area contributed by atoms with E-state index in [1.54, 1.807) is 38.1 Å². The van der Waals surface area contributed by atoms with E-state index in [1.807, 2.05) is 0 Å². The van der Waals surface area contributed by atoms with Gasteiger partial charge in [0.1, 0.15) is 0 Å². The molecule has 0 aliphatic heterocycles. The van der Waals surface area contributed by atoms with Crippen LogP contribution in [-0.4, -0.2) is 22.4 Å². The van der Waals surface area contributed by atoms with Crippen molar-refractivity contribution in [3.63, 3.8) is 0 Å². The molecule has 134 valence electrons. The molecule has 0 aromatic heterocycles. The van der Waals surface area contributed by atoms with Crippen molar-refractivity contribution in [1.29, 1.82) is 0 Å². The van der Waals surface area contributed by atoms with Crippen molar-refractivity contribution in [3.05, 3.63) is 69.3 Å². The molecule has 2 aromatic rings. The Kier molecular flexibility index (Phi) is 5.79. The molecule has 0 aliphatic carbocycles. The number of carbonyl (C=O) groups is 2. The summed E-state index contributed by atoms with van der Waals surface area (Å²) >= 11 is 0. The standard InChI is InChI=1S/C18H18N4O4/c1-11-4-5-15(10-17(11)22(25)26)18(24)21-20-12(2)14-6-8-16(9-7-14)19-13(3)23/h4-10H,1-3H3,(H,19,23)(H,21,24)/b20-12-. The normalized spacial score (nSPS) is 11.0. The SMILES string of the molecule is CC(=O)Nc1ccc(/C(C)=N\NC(=O)c2ccc(C)c([N+](=O)[O-])c2)cc1. The number of rotatable bonds is 5. The molecule has 0 spiro atoms. The highest BCUT2D eigenvalue weighted by molar-refractivity contribution is 6.01. The number of carbonyl (C=O) groups excluding carboxylic acids is 2. The zero-order chi connectivity index (χ0) is 19.3. The van der Waals surface area contributed by atoms with Crippen LogP contribution in [0.2, 0.25) is 0 Å². The fourth-order valence-corrected chi connectivity index (χ4v) is 2.21. The number of nitrogens with one attached hydrogen (secondary N) is 2. The lowest BCUT2D eigenvalue weighted by atomic mass is 10.1. The van der Waals surface area contributed by atoms with Gasteiger partial charge in [0, 0.05) is 29.8 Å². The highest BCUT2D eigenvalue weighted by atomic mass is 16.6. The Morgan fingerprint density at radius 2 is 1.65 bits per heavy atom. The Balaban J connectivity index is 2.10. The molecule has 2 aromatic carbocycles. The maximum absolute atomic E-state index is 12.2. The van der Waals surface area contributed by atoms with Crippen LogP contribution in [0.15, 0.2) is 47.6 Å². The molecule has 0 saturated heterocycles. The molecule has 0 heterocycles. The molecule has 0 bridgehead atoms. The summed E-state index contributed by atoms with van der Waals surface area (Å²) in [5, 5.41) is 17.6. The van der Waals surface area contributed by atoms with Gasteiger partial charge in [-0.25, -0.2) is 5.43 Å². The third kappa shape index (κ3) is 4.73. The van der Waals surface area contributed by atoms with Crippen molar-refractivity contribution in [1.82, 2.24) is 5.43 Å². The summed E-state index contributed by atoms with van der Waals surface area (Å²) in [6, 6.07) is 11.2. The van der Waals surface area contributed by atoms with Crippen LogP contribution in [0.4, 0.5) is 11.4 Å². The predicted molar refractivity (Wildman–Crippen MR) is 98.3 cm³/mol. The number of nitrogens with zero attached hydrogens (tertiary/aromatic N) is 2. The highest BCUT2D eigenvalue weighted by Gasteiger charge is 2.14. The summed E-state index contributed by atoms with van der Waals surface area (Å²) in [5.74, 6) is -0.704. The van der Waals surface area contributed by atoms with E-state index < -0.39 is 10.8 Å². The molecule has 0 fully saturated rings. The van der Waals surface area contributed by atoms with Gasteiger partial charge < -0.3 is 5.32 Å². The smallest absolute Gasteiger partial charge is 0.273 e. The van der Waals surface area contributed by atoms with E-state index in [-0.39, 0.29) is 17.2 Å². The molecule has 2 N–H and O–H groups in total. The first-order valence-electron chi connectivity index (χ1n) is 7.75. The molecule has 2 amide bonds. The fourth-order valence-electron chi connectivity index (χ4n) is 2.21. The lowest BCUT2D eigenvalue weighted by Crippen LogP contribution is -2.19. The molecule has 8 nitrogen and oxygen atoms in total. The number of hydrogen-bond donors (Lipinski definition) is 2. The van der Waals surface area contributed by atoms with Crippen molar-refractivity contribution in [2.24, 2.45) is 5.10 Å². The first kappa shape index (κ1) is 18.8. The highest BCUT2D eigenvalue weighted by Crippen LogP contribution is 2.19. The van der Waals surface area contributed by atoms with Crippen LogP contribution < -0.4 is 10.7 Å². The van der Waals surface area contributed by atoms with Crippen molar-refractivity contribution in [2.45, 2.75) is 20.8 Å². The molecule has 8 heteroatoms. The Bertz CT molecular complexity index is 889. The first-order valence-corrected chi connectivity index (χ1v) is 7.75. The molecule has 0 aliphatic rings. The van der Waals surface area contributed by atoms with Crippen molar-refractivity contribution in [3.8, 4) is 0 Å². The van der Waals surface area contributed by atoms with Gasteiger partial charge in [-0.05, 0) is 37.6 Å². The zero-order valence-electron chi connectivity index (χ0n) is 14.6. The monoisotopic (exact) mass is 354 g/mol. The number of amides is 2. The van der Waals surface area contributed by atoms with Crippen LogP contribution >= 0.6 is 0 Å². The van der Waals surface area contributed by atoms with Gasteiger partial charge in [0.15, 0.2) is 0 Å². The molecule has 0 radical (unpaired) electrons. The Hall–Kier alpha value is -3.55. The molecular weight excluding hydrogens is 336 g/mol. The van der Waals surface area contributed by atoms with Crippen LogP contribution in [0.5, 0.6) is 0 Å². The number of hydrogen-bond acceptors (Lipinski definition) is 5. The molecule has 2 rings (SSSR count). The van der Waals surface area contributed by atoms with E-state index in [1.165, 1.54) is 25.1 Å². The number of benzene rings is 2. The number of nitro benzene ring substituents is 1. The van der Waals surface area contributed by atoms with Gasteiger partial charge in [0.25, 0.3) is 11.6 Å². The summed E-state index contributed by atoms with van der Waals surface area (Å²) in [6.45, 7) is 4.74. The Labute approximate surface area is 150 Å². The van der Waals surface area contributed by atoms with E-state index in [2.05, 4.69) is 15.8 Å². The molecule has 0 unspecified atom stereocenters. The predicted octanol–water partition coefficient (Wildman–Crippen LogP) is 3.02. The largest absolute Gasteiger partial charge is 0.326 e. The van der Waals surface area contributed by atoms with Crippen molar-refractivity contribution < 1.29 is 14.5 Å². The van der Waals surface area contributed by atoms with Gasteiger partial charge >= 0.3 is 0 Å². The van der Waals surface area contributed by atoms with Crippen molar-refractivity contribution >= 4 is 28.9 Å². The fraction of sp³-hybridized carbons (Fsp3) is 0.167. The van der Waals surface area contributed by atoms with Crippen LogP contribution in [0, 0.1) is 17.0 Å². The quantitative estimate of drug-likeness (QED) is 0.488. The lowest BCUT2D eigenvalue weighted by Gasteiger charge is -2.06. The van der Waals surface area contributed by atoms with Crippen LogP contribution in [0.3, 0.4) is 0 Å². The van der Waals surface area contributed by atoms with E-state index in [4.69, 9.17) is 0 Å². The van der Waals surface area contributed by atoms with Gasteiger partial charge in [-0.2, -0.15) is 5.10 Å². The molecule has 26 heavy (non-hydrogen) atoms. The summed E-state index contributed by atoms with van der Waals surface area (Å²) < 4.78 is 0. The van der Waals surface area contributed by atoms with Gasteiger partial charge in [-0.1, -0.05) is 18.2 Å². The Morgan fingerprint density at radius 3 is 2.23 bits per heavy atom. The number of aryl methyl sites for hydroxylation is 1. The third-order valence-electron chi connectivity index (χ3n) is 3.62. The molecule has 0 atom stereocenters. The third-order valence-corrected chi connectivity index (χ3v) is 3.62. The maximum atomic E-state index is 12.2. The van der Waals surface area contributed by atoms with E-state index in [0.29, 0.717) is 17.0 Å². The zero-order valence-corrected chi connectivity index (χ0v) is 14.6. The van der Waals surface area contributed by atoms with Crippen LogP contribution in [-0.2, 0) is 4.79 Å². The van der Waals surface area contributed by atoms with E-state index >= 15 is 0 Å².